The van der Waals surface area contributed by atoms with Crippen LogP contribution in [0.5, 0.6) is 0 Å². The number of amides is 1. The highest BCUT2D eigenvalue weighted by atomic mass is 35.5. The monoisotopic (exact) mass is 312 g/mol. The Labute approximate surface area is 129 Å². The van der Waals surface area contributed by atoms with Crippen LogP contribution in [0, 0.1) is 5.92 Å². The van der Waals surface area contributed by atoms with Crippen molar-refractivity contribution in [3.8, 4) is 0 Å². The highest BCUT2D eigenvalue weighted by Crippen LogP contribution is 2.27. The molecule has 1 amide bonds. The fourth-order valence-corrected chi connectivity index (χ4v) is 3.61. The van der Waals surface area contributed by atoms with Gasteiger partial charge in [-0.05, 0) is 37.8 Å². The standard InChI is InChI=1S/C15H21ClN2OS/c1-11(17)12-6-8-18(9-7-12)15(19)10-20-14-5-3-2-4-13(14)16/h2-5,11-12H,6-10,17H2,1H3. The molecule has 0 radical (unpaired) electrons. The van der Waals surface area contributed by atoms with Crippen molar-refractivity contribution in [2.24, 2.45) is 11.7 Å². The van der Waals surface area contributed by atoms with Crippen LogP contribution in [-0.4, -0.2) is 35.7 Å². The summed E-state index contributed by atoms with van der Waals surface area (Å²) in [4.78, 5) is 15.1. The number of hydrogen-bond acceptors (Lipinski definition) is 3. The first-order chi connectivity index (χ1) is 9.58. The third-order valence-corrected chi connectivity index (χ3v) is 5.32. The molecule has 1 fully saturated rings. The maximum Gasteiger partial charge on any atom is 0.232 e. The SMILES string of the molecule is CC(N)C1CCN(C(=O)CSc2ccccc2Cl)CC1. The highest BCUT2D eigenvalue weighted by Gasteiger charge is 2.24. The maximum absolute atomic E-state index is 12.2. The third kappa shape index (κ3) is 4.14. The van der Waals surface area contributed by atoms with Crippen LogP contribution in [0.2, 0.25) is 5.02 Å². The fraction of sp³-hybridized carbons (Fsp3) is 0.533. The second-order valence-electron chi connectivity index (χ2n) is 5.30. The van der Waals surface area contributed by atoms with E-state index >= 15 is 0 Å². The molecule has 1 heterocycles. The second-order valence-corrected chi connectivity index (χ2v) is 6.72. The maximum atomic E-state index is 12.2. The van der Waals surface area contributed by atoms with Gasteiger partial charge in [-0.2, -0.15) is 0 Å². The van der Waals surface area contributed by atoms with Crippen LogP contribution in [0.1, 0.15) is 19.8 Å². The molecule has 2 N–H and O–H groups in total. The molecule has 1 aliphatic rings. The van der Waals surface area contributed by atoms with Crippen LogP contribution >= 0.6 is 23.4 Å². The fourth-order valence-electron chi connectivity index (χ4n) is 2.47. The molecule has 1 unspecified atom stereocenters. The van der Waals surface area contributed by atoms with Crippen LogP contribution in [0.3, 0.4) is 0 Å². The predicted octanol–water partition coefficient (Wildman–Crippen LogP) is 3.02. The van der Waals surface area contributed by atoms with Crippen molar-refractivity contribution in [3.05, 3.63) is 29.3 Å². The molecule has 20 heavy (non-hydrogen) atoms. The summed E-state index contributed by atoms with van der Waals surface area (Å²) in [6, 6.07) is 7.86. The molecular weight excluding hydrogens is 292 g/mol. The van der Waals surface area contributed by atoms with Gasteiger partial charge in [0.25, 0.3) is 0 Å². The summed E-state index contributed by atoms with van der Waals surface area (Å²) < 4.78 is 0. The molecule has 2 rings (SSSR count). The molecule has 0 spiro atoms. The molecule has 1 aliphatic heterocycles. The highest BCUT2D eigenvalue weighted by molar-refractivity contribution is 8.00. The van der Waals surface area contributed by atoms with Gasteiger partial charge in [0.15, 0.2) is 0 Å². The van der Waals surface area contributed by atoms with E-state index in [0.29, 0.717) is 16.7 Å². The Kier molecular flexibility index (Phi) is 5.75. The first-order valence-corrected chi connectivity index (χ1v) is 8.35. The minimum absolute atomic E-state index is 0.193. The lowest BCUT2D eigenvalue weighted by atomic mass is 9.91. The number of thioether (sulfide) groups is 1. The summed E-state index contributed by atoms with van der Waals surface area (Å²) >= 11 is 7.60. The van der Waals surface area contributed by atoms with Crippen LogP contribution in [-0.2, 0) is 4.79 Å². The van der Waals surface area contributed by atoms with Gasteiger partial charge in [-0.3, -0.25) is 4.79 Å². The molecule has 0 aromatic heterocycles. The van der Waals surface area contributed by atoms with E-state index in [0.717, 1.165) is 30.8 Å². The predicted molar refractivity (Wildman–Crippen MR) is 85.1 cm³/mol. The van der Waals surface area contributed by atoms with Gasteiger partial charge in [0.2, 0.25) is 5.91 Å². The Morgan fingerprint density at radius 1 is 1.45 bits per heavy atom. The number of nitrogens with two attached hydrogens (primary N) is 1. The normalized spacial score (nSPS) is 18.1. The van der Waals surface area contributed by atoms with Crippen molar-refractivity contribution in [2.75, 3.05) is 18.8 Å². The van der Waals surface area contributed by atoms with E-state index in [4.69, 9.17) is 17.3 Å². The van der Waals surface area contributed by atoms with E-state index in [1.807, 2.05) is 29.2 Å². The van der Waals surface area contributed by atoms with Crippen molar-refractivity contribution in [3.63, 3.8) is 0 Å². The van der Waals surface area contributed by atoms with E-state index < -0.39 is 0 Å². The summed E-state index contributed by atoms with van der Waals surface area (Å²) in [5.41, 5.74) is 5.92. The van der Waals surface area contributed by atoms with Crippen molar-refractivity contribution < 1.29 is 4.79 Å². The van der Waals surface area contributed by atoms with Gasteiger partial charge in [-0.1, -0.05) is 23.7 Å². The molecular formula is C15H21ClN2OS. The molecule has 110 valence electrons. The lowest BCUT2D eigenvalue weighted by molar-refractivity contribution is -0.129. The van der Waals surface area contributed by atoms with E-state index in [2.05, 4.69) is 6.92 Å². The molecule has 1 aromatic rings. The van der Waals surface area contributed by atoms with E-state index in [1.54, 1.807) is 0 Å². The molecule has 0 aliphatic carbocycles. The second kappa shape index (κ2) is 7.34. The summed E-state index contributed by atoms with van der Waals surface area (Å²) in [5.74, 6) is 1.19. The lowest BCUT2D eigenvalue weighted by Crippen LogP contribution is -2.43. The molecule has 0 bridgehead atoms. The molecule has 3 nitrogen and oxygen atoms in total. The van der Waals surface area contributed by atoms with Crippen LogP contribution < -0.4 is 5.73 Å². The number of carbonyl (C=O) groups excluding carboxylic acids is 1. The number of hydrogen-bond donors (Lipinski definition) is 1. The van der Waals surface area contributed by atoms with Gasteiger partial charge >= 0.3 is 0 Å². The quantitative estimate of drug-likeness (QED) is 0.869. The molecule has 1 aromatic carbocycles. The molecule has 0 saturated carbocycles. The zero-order chi connectivity index (χ0) is 14.5. The van der Waals surface area contributed by atoms with Crippen LogP contribution in [0.25, 0.3) is 0 Å². The van der Waals surface area contributed by atoms with Gasteiger partial charge < -0.3 is 10.6 Å². The Balaban J connectivity index is 1.80. The first-order valence-electron chi connectivity index (χ1n) is 6.98. The average molecular weight is 313 g/mol. The molecule has 1 atom stereocenters. The average Bonchev–Trinajstić information content (AvgIpc) is 2.46. The van der Waals surface area contributed by atoms with Gasteiger partial charge in [0.05, 0.1) is 10.8 Å². The summed E-state index contributed by atoms with van der Waals surface area (Å²) in [6.45, 7) is 3.71. The topological polar surface area (TPSA) is 46.3 Å². The summed E-state index contributed by atoms with van der Waals surface area (Å²) in [7, 11) is 0. The van der Waals surface area contributed by atoms with Crippen molar-refractivity contribution in [1.82, 2.24) is 4.90 Å². The van der Waals surface area contributed by atoms with Gasteiger partial charge in [-0.15, -0.1) is 11.8 Å². The van der Waals surface area contributed by atoms with Crippen molar-refractivity contribution in [2.45, 2.75) is 30.7 Å². The number of likely N-dealkylation sites (tertiary alicyclic amines) is 1. The Morgan fingerprint density at radius 3 is 2.70 bits per heavy atom. The summed E-state index contributed by atoms with van der Waals surface area (Å²) in [5, 5.41) is 0.709. The van der Waals surface area contributed by atoms with Crippen molar-refractivity contribution in [1.29, 1.82) is 0 Å². The van der Waals surface area contributed by atoms with Crippen LogP contribution in [0.15, 0.2) is 29.2 Å². The number of piperidine rings is 1. The Morgan fingerprint density at radius 2 is 2.10 bits per heavy atom. The van der Waals surface area contributed by atoms with E-state index in [-0.39, 0.29) is 11.9 Å². The minimum Gasteiger partial charge on any atom is -0.342 e. The zero-order valence-electron chi connectivity index (χ0n) is 11.7. The Bertz CT molecular complexity index is 459. The smallest absolute Gasteiger partial charge is 0.232 e. The third-order valence-electron chi connectivity index (χ3n) is 3.82. The summed E-state index contributed by atoms with van der Waals surface area (Å²) in [6.07, 6.45) is 2.03. The van der Waals surface area contributed by atoms with Crippen LogP contribution in [0.4, 0.5) is 0 Å². The minimum atomic E-state index is 0.193. The van der Waals surface area contributed by atoms with Gasteiger partial charge in [0.1, 0.15) is 0 Å². The zero-order valence-corrected chi connectivity index (χ0v) is 13.3. The molecule has 5 heteroatoms. The number of halogens is 1. The largest absolute Gasteiger partial charge is 0.342 e. The van der Waals surface area contributed by atoms with E-state index in [9.17, 15) is 4.79 Å². The van der Waals surface area contributed by atoms with Gasteiger partial charge in [-0.25, -0.2) is 0 Å². The number of rotatable bonds is 4. The molecule has 1 saturated heterocycles. The lowest BCUT2D eigenvalue weighted by Gasteiger charge is -2.33. The van der Waals surface area contributed by atoms with Crippen molar-refractivity contribution >= 4 is 29.3 Å². The number of carbonyl (C=O) groups is 1. The van der Waals surface area contributed by atoms with E-state index in [1.165, 1.54) is 11.8 Å². The number of benzene rings is 1. The van der Waals surface area contributed by atoms with Gasteiger partial charge in [0, 0.05) is 24.0 Å². The number of nitrogens with zero attached hydrogens (tertiary/aromatic N) is 1. The first kappa shape index (κ1) is 15.7. The Hall–Kier alpha value is -0.710.